The highest BCUT2D eigenvalue weighted by atomic mass is 32.1. The highest BCUT2D eigenvalue weighted by Crippen LogP contribution is 2.29. The summed E-state index contributed by atoms with van der Waals surface area (Å²) in [7, 11) is 0. The van der Waals surface area contributed by atoms with Crippen LogP contribution in [0.25, 0.3) is 10.4 Å². The zero-order chi connectivity index (χ0) is 37.6. The van der Waals surface area contributed by atoms with E-state index in [2.05, 4.69) is 35.6 Å². The number of anilines is 1. The maximum Gasteiger partial charge on any atom is 0.269 e. The van der Waals surface area contributed by atoms with Crippen LogP contribution < -0.4 is 21.3 Å². The van der Waals surface area contributed by atoms with Crippen molar-refractivity contribution in [1.82, 2.24) is 35.6 Å². The monoisotopic (exact) mass is 735 g/mol. The van der Waals surface area contributed by atoms with Gasteiger partial charge >= 0.3 is 0 Å². The molecule has 2 aliphatic rings. The Morgan fingerprint density at radius 1 is 1.04 bits per heavy atom. The van der Waals surface area contributed by atoms with Crippen LogP contribution in [0, 0.1) is 12.3 Å². The number of nitrogens with two attached hydrogens (primary N) is 1. The van der Waals surface area contributed by atoms with Gasteiger partial charge in [-0.1, -0.05) is 45.0 Å². The number of amides is 4. The highest BCUT2D eigenvalue weighted by molar-refractivity contribution is 7.13. The molecule has 2 aromatic heterocycles. The van der Waals surface area contributed by atoms with Gasteiger partial charge in [0.1, 0.15) is 18.7 Å². The van der Waals surface area contributed by atoms with E-state index in [0.29, 0.717) is 32.1 Å². The zero-order valence-electron chi connectivity index (χ0n) is 30.4. The smallest absolute Gasteiger partial charge is 0.269 e. The summed E-state index contributed by atoms with van der Waals surface area (Å²) in [6.07, 6.45) is -0.765. The molecule has 4 atom stereocenters. The van der Waals surface area contributed by atoms with Crippen molar-refractivity contribution in [2.24, 2.45) is 11.1 Å². The van der Waals surface area contributed by atoms with Crippen LogP contribution in [-0.2, 0) is 19.1 Å². The Hall–Kier alpha value is -4.51. The average molecular weight is 736 g/mol. The summed E-state index contributed by atoms with van der Waals surface area (Å²) < 4.78 is 5.70. The second-order valence-electron chi connectivity index (χ2n) is 14.4. The fourth-order valence-electron chi connectivity index (χ4n) is 6.40. The fraction of sp³-hybridized carbons (Fsp3) is 0.528. The molecule has 2 aliphatic heterocycles. The Bertz CT molecular complexity index is 1700. The first-order chi connectivity index (χ1) is 24.7. The van der Waals surface area contributed by atoms with E-state index in [1.54, 1.807) is 23.5 Å². The molecule has 5 rings (SSSR count). The minimum absolute atomic E-state index is 0.00826. The third-order valence-electron chi connectivity index (χ3n) is 9.44. The summed E-state index contributed by atoms with van der Waals surface area (Å²) in [5, 5.41) is 24.4. The normalized spacial score (nSPS) is 19.3. The molecule has 2 saturated heterocycles. The predicted molar refractivity (Wildman–Crippen MR) is 196 cm³/mol. The number of aliphatic hydroxyl groups excluding tert-OH is 1. The van der Waals surface area contributed by atoms with Crippen LogP contribution in [0.3, 0.4) is 0 Å². The topological polar surface area (TPSA) is 196 Å². The maximum absolute atomic E-state index is 14.0. The number of nitrogens with one attached hydrogen (secondary N) is 2. The van der Waals surface area contributed by atoms with Crippen LogP contribution in [0.5, 0.6) is 0 Å². The van der Waals surface area contributed by atoms with Gasteiger partial charge < -0.3 is 36.0 Å². The number of carbonyl (C=O) groups excluding carboxylic acids is 4. The quantitative estimate of drug-likeness (QED) is 0.186. The van der Waals surface area contributed by atoms with Gasteiger partial charge in [-0.2, -0.15) is 0 Å². The Labute approximate surface area is 307 Å². The number of nitrogens with zero attached hydrogens (tertiary/aromatic N) is 6. The summed E-state index contributed by atoms with van der Waals surface area (Å²) >= 11 is 1.57. The van der Waals surface area contributed by atoms with Crippen LogP contribution in [0.1, 0.15) is 61.9 Å². The molecule has 5 N–H and O–H groups in total. The Kier molecular flexibility index (Phi) is 12.6. The molecule has 280 valence electrons. The SMILES string of the molecule is Cc1ncsc1-c1ccc([C@H](C)NC(=O)[C@@H]2C[C@@H](O)CN2C(=O)[C@@H](NC(=O)COCCN2CCN(c3ccc(C(N)=O)nn3)CC2)C(C)(C)C)cc1. The minimum atomic E-state index is -0.947. The van der Waals surface area contributed by atoms with Gasteiger partial charge in [-0.25, -0.2) is 4.98 Å². The van der Waals surface area contributed by atoms with Crippen LogP contribution >= 0.6 is 11.3 Å². The van der Waals surface area contributed by atoms with Crippen molar-refractivity contribution in [3.8, 4) is 10.4 Å². The molecule has 52 heavy (non-hydrogen) atoms. The molecule has 0 saturated carbocycles. The number of benzene rings is 1. The van der Waals surface area contributed by atoms with E-state index >= 15 is 0 Å². The van der Waals surface area contributed by atoms with E-state index in [4.69, 9.17) is 10.5 Å². The number of hydrogen-bond acceptors (Lipinski definition) is 12. The molecule has 4 heterocycles. The number of aryl methyl sites for hydroxylation is 1. The minimum Gasteiger partial charge on any atom is -0.391 e. The third-order valence-corrected chi connectivity index (χ3v) is 10.4. The molecule has 3 aromatic rings. The number of ether oxygens (including phenoxy) is 1. The second-order valence-corrected chi connectivity index (χ2v) is 15.3. The molecule has 4 amide bonds. The number of piperazine rings is 1. The number of primary amides is 1. The number of hydrogen-bond donors (Lipinski definition) is 4. The first-order valence-electron chi connectivity index (χ1n) is 17.5. The van der Waals surface area contributed by atoms with E-state index < -0.39 is 41.3 Å². The summed E-state index contributed by atoms with van der Waals surface area (Å²) in [5.74, 6) is -1.18. The van der Waals surface area contributed by atoms with Crippen molar-refractivity contribution in [3.63, 3.8) is 0 Å². The zero-order valence-corrected chi connectivity index (χ0v) is 31.2. The van der Waals surface area contributed by atoms with E-state index in [1.165, 1.54) is 4.90 Å². The lowest BCUT2D eigenvalue weighted by molar-refractivity contribution is -0.144. The van der Waals surface area contributed by atoms with Gasteiger partial charge in [0.15, 0.2) is 11.5 Å². The second kappa shape index (κ2) is 16.9. The fourth-order valence-corrected chi connectivity index (χ4v) is 7.21. The first-order valence-corrected chi connectivity index (χ1v) is 18.4. The largest absolute Gasteiger partial charge is 0.391 e. The lowest BCUT2D eigenvalue weighted by Crippen LogP contribution is -2.58. The number of aromatic nitrogens is 3. The van der Waals surface area contributed by atoms with Crippen molar-refractivity contribution in [2.75, 3.05) is 57.4 Å². The Morgan fingerprint density at radius 2 is 1.75 bits per heavy atom. The summed E-state index contributed by atoms with van der Waals surface area (Å²) in [4.78, 5) is 62.9. The van der Waals surface area contributed by atoms with E-state index in [9.17, 15) is 24.3 Å². The number of aliphatic hydroxyl groups is 1. The van der Waals surface area contributed by atoms with Gasteiger partial charge in [-0.05, 0) is 42.5 Å². The third kappa shape index (κ3) is 9.67. The van der Waals surface area contributed by atoms with Crippen LogP contribution in [0.4, 0.5) is 5.82 Å². The van der Waals surface area contributed by atoms with Crippen LogP contribution in [0.15, 0.2) is 41.9 Å². The average Bonchev–Trinajstić information content (AvgIpc) is 3.73. The van der Waals surface area contributed by atoms with Gasteiger partial charge in [0, 0.05) is 45.7 Å². The molecule has 16 heteroatoms. The molecule has 0 spiro atoms. The van der Waals surface area contributed by atoms with Crippen molar-refractivity contribution in [2.45, 2.75) is 65.3 Å². The van der Waals surface area contributed by atoms with Gasteiger partial charge in [0.05, 0.1) is 34.8 Å². The summed E-state index contributed by atoms with van der Waals surface area (Å²) in [6, 6.07) is 9.05. The van der Waals surface area contributed by atoms with Crippen molar-refractivity contribution in [3.05, 3.63) is 58.9 Å². The van der Waals surface area contributed by atoms with Crippen molar-refractivity contribution in [1.29, 1.82) is 0 Å². The molecule has 2 fully saturated rings. The van der Waals surface area contributed by atoms with Crippen LogP contribution in [-0.4, -0.2) is 124 Å². The number of rotatable bonds is 13. The molecule has 0 aliphatic carbocycles. The summed E-state index contributed by atoms with van der Waals surface area (Å²) in [5.41, 5.74) is 9.42. The van der Waals surface area contributed by atoms with Gasteiger partial charge in [-0.15, -0.1) is 21.5 Å². The molecule has 1 aromatic carbocycles. The predicted octanol–water partition coefficient (Wildman–Crippen LogP) is 1.52. The standard InChI is InChI=1S/C36H49N9O6S/c1-22(24-6-8-25(9-7-24)31-23(2)38-21-52-31)39-34(49)28-18-26(46)19-45(28)35(50)32(36(3,4)5)40-30(47)20-51-17-16-43-12-14-44(15-13-43)29-11-10-27(33(37)48)41-42-29/h6-11,21-22,26,28,32,46H,12-20H2,1-5H3,(H2,37,48)(H,39,49)(H,40,47)/t22-,26+,28-,32+/m0/s1. The van der Waals surface area contributed by atoms with Gasteiger partial charge in [-0.3, -0.25) is 24.1 Å². The molecule has 0 unspecified atom stereocenters. The summed E-state index contributed by atoms with van der Waals surface area (Å²) in [6.45, 7) is 13.0. The lowest BCUT2D eigenvalue weighted by Gasteiger charge is -2.35. The van der Waals surface area contributed by atoms with Crippen molar-refractivity contribution >= 4 is 40.8 Å². The molecular formula is C36H49N9O6S. The van der Waals surface area contributed by atoms with Crippen molar-refractivity contribution < 1.29 is 29.0 Å². The Balaban J connectivity index is 1.09. The van der Waals surface area contributed by atoms with Gasteiger partial charge in [0.2, 0.25) is 17.7 Å². The number of carbonyl (C=O) groups is 4. The highest BCUT2D eigenvalue weighted by Gasteiger charge is 2.44. The lowest BCUT2D eigenvalue weighted by atomic mass is 9.85. The van der Waals surface area contributed by atoms with Crippen LogP contribution in [0.2, 0.25) is 0 Å². The molecular weight excluding hydrogens is 687 g/mol. The maximum atomic E-state index is 14.0. The van der Waals surface area contributed by atoms with Gasteiger partial charge in [0.25, 0.3) is 5.91 Å². The number of thiazole rings is 1. The number of β-amino-alcohol motifs (C(OH)–C–C–N with tert-alkyl or cyclic N) is 1. The van der Waals surface area contributed by atoms with E-state index in [1.807, 2.05) is 64.4 Å². The van der Waals surface area contributed by atoms with E-state index in [0.717, 1.165) is 34.8 Å². The van der Waals surface area contributed by atoms with E-state index in [-0.39, 0.29) is 37.2 Å². The first kappa shape index (κ1) is 38.7. The molecule has 0 radical (unpaired) electrons. The number of likely N-dealkylation sites (tertiary alicyclic amines) is 1. The molecule has 0 bridgehead atoms. The Morgan fingerprint density at radius 3 is 2.35 bits per heavy atom. The molecule has 15 nitrogen and oxygen atoms in total.